The Balaban J connectivity index is 1.44. The molecule has 7 rings (SSSR count). The van der Waals surface area contributed by atoms with Crippen LogP contribution in [0.15, 0.2) is 121 Å². The maximum absolute atomic E-state index is 5.13. The zero-order valence-corrected chi connectivity index (χ0v) is 22.3. The van der Waals surface area contributed by atoms with E-state index in [1.165, 1.54) is 11.1 Å². The largest absolute Gasteiger partial charge is 0.251 e. The van der Waals surface area contributed by atoms with Crippen molar-refractivity contribution in [1.29, 1.82) is 0 Å². The lowest BCUT2D eigenvalue weighted by molar-refractivity contribution is 1.17. The summed E-state index contributed by atoms with van der Waals surface area (Å²) in [4.78, 5) is 20.0. The van der Waals surface area contributed by atoms with Gasteiger partial charge in [0.1, 0.15) is 0 Å². The summed E-state index contributed by atoms with van der Waals surface area (Å²) in [6.45, 7) is 4.03. The van der Waals surface area contributed by atoms with E-state index in [1.807, 2.05) is 44.2 Å². The van der Waals surface area contributed by atoms with E-state index in [9.17, 15) is 0 Å². The number of fused-ring (bicyclic) bond motifs is 3. The van der Waals surface area contributed by atoms with Crippen LogP contribution in [0.2, 0.25) is 0 Å². The standard InChI is InChI=1S/C36H26N4/c1-23-13-14-29-19-20-30-31(21-24(2)38-35(30)34(29)37-23)36-39-32(27-11-7-4-8-12-27)22-33(40-36)28-17-15-26(16-18-28)25-9-5-3-6-10-25/h3-22H,1-2H3. The summed E-state index contributed by atoms with van der Waals surface area (Å²) in [5.41, 5.74) is 10.8. The summed E-state index contributed by atoms with van der Waals surface area (Å²) in [6.07, 6.45) is 0. The molecule has 0 atom stereocenters. The minimum atomic E-state index is 0.672. The number of nitrogens with zero attached hydrogens (tertiary/aromatic N) is 4. The number of rotatable bonds is 4. The molecular formula is C36H26N4. The third-order valence-electron chi connectivity index (χ3n) is 7.23. The minimum absolute atomic E-state index is 0.672. The SMILES string of the molecule is Cc1ccc2ccc3c(-c4nc(-c5ccccc5)cc(-c5ccc(-c6ccccc6)cc5)n4)cc(C)nc3c2n1. The van der Waals surface area contributed by atoms with E-state index in [4.69, 9.17) is 19.9 Å². The molecule has 0 amide bonds. The molecule has 4 aromatic carbocycles. The molecule has 0 radical (unpaired) electrons. The molecule has 3 heterocycles. The predicted octanol–water partition coefficient (Wildman–Crippen LogP) is 8.86. The smallest absolute Gasteiger partial charge is 0.161 e. The quantitative estimate of drug-likeness (QED) is 0.220. The van der Waals surface area contributed by atoms with E-state index < -0.39 is 0 Å². The van der Waals surface area contributed by atoms with Crippen molar-refractivity contribution in [2.24, 2.45) is 0 Å². The highest BCUT2D eigenvalue weighted by Gasteiger charge is 2.16. The number of aromatic nitrogens is 4. The zero-order valence-electron chi connectivity index (χ0n) is 22.3. The molecule has 0 aliphatic rings. The summed E-state index contributed by atoms with van der Waals surface area (Å²) in [6, 6.07) is 41.8. The first-order chi connectivity index (χ1) is 19.6. The van der Waals surface area contributed by atoms with Gasteiger partial charge in [0.2, 0.25) is 0 Å². The lowest BCUT2D eigenvalue weighted by Crippen LogP contribution is -1.99. The molecule has 0 saturated carbocycles. The van der Waals surface area contributed by atoms with Gasteiger partial charge in [0.15, 0.2) is 5.82 Å². The van der Waals surface area contributed by atoms with Gasteiger partial charge in [0, 0.05) is 38.9 Å². The van der Waals surface area contributed by atoms with Crippen LogP contribution in [0.25, 0.3) is 66.8 Å². The molecule has 4 heteroatoms. The molecule has 0 aliphatic carbocycles. The lowest BCUT2D eigenvalue weighted by atomic mass is 10.0. The van der Waals surface area contributed by atoms with E-state index in [-0.39, 0.29) is 0 Å². The van der Waals surface area contributed by atoms with Crippen molar-refractivity contribution in [3.63, 3.8) is 0 Å². The third-order valence-corrected chi connectivity index (χ3v) is 7.23. The van der Waals surface area contributed by atoms with Crippen LogP contribution in [-0.4, -0.2) is 19.9 Å². The van der Waals surface area contributed by atoms with Crippen LogP contribution in [0.1, 0.15) is 11.4 Å². The second-order valence-corrected chi connectivity index (χ2v) is 10.1. The summed E-state index contributed by atoms with van der Waals surface area (Å²) >= 11 is 0. The normalized spacial score (nSPS) is 11.2. The molecular weight excluding hydrogens is 488 g/mol. The monoisotopic (exact) mass is 514 g/mol. The Morgan fingerprint density at radius 3 is 1.68 bits per heavy atom. The van der Waals surface area contributed by atoms with Crippen LogP contribution in [0.5, 0.6) is 0 Å². The number of pyridine rings is 2. The van der Waals surface area contributed by atoms with Gasteiger partial charge in [-0.15, -0.1) is 0 Å². The number of hydrogen-bond acceptors (Lipinski definition) is 4. The van der Waals surface area contributed by atoms with Crippen molar-refractivity contribution in [2.75, 3.05) is 0 Å². The maximum atomic E-state index is 5.13. The van der Waals surface area contributed by atoms with E-state index in [0.717, 1.165) is 61.3 Å². The summed E-state index contributed by atoms with van der Waals surface area (Å²) in [5.74, 6) is 0.672. The molecule has 190 valence electrons. The Morgan fingerprint density at radius 1 is 0.425 bits per heavy atom. The Morgan fingerprint density at radius 2 is 0.975 bits per heavy atom. The van der Waals surface area contributed by atoms with Crippen molar-refractivity contribution in [3.8, 4) is 45.0 Å². The van der Waals surface area contributed by atoms with Crippen LogP contribution in [0.4, 0.5) is 0 Å². The first kappa shape index (κ1) is 23.9. The molecule has 40 heavy (non-hydrogen) atoms. The van der Waals surface area contributed by atoms with Gasteiger partial charge >= 0.3 is 0 Å². The van der Waals surface area contributed by atoms with Gasteiger partial charge in [0.25, 0.3) is 0 Å². The molecule has 0 bridgehead atoms. The molecule has 0 aliphatic heterocycles. The Hall–Kier alpha value is -5.22. The molecule has 7 aromatic rings. The Kier molecular flexibility index (Phi) is 5.86. The van der Waals surface area contributed by atoms with E-state index in [1.54, 1.807) is 0 Å². The van der Waals surface area contributed by atoms with Crippen molar-refractivity contribution in [2.45, 2.75) is 13.8 Å². The number of aryl methyl sites for hydroxylation is 2. The fraction of sp³-hybridized carbons (Fsp3) is 0.0556. The summed E-state index contributed by atoms with van der Waals surface area (Å²) in [5, 5.41) is 2.06. The maximum Gasteiger partial charge on any atom is 0.161 e. The van der Waals surface area contributed by atoms with Gasteiger partial charge in [-0.3, -0.25) is 9.97 Å². The zero-order chi connectivity index (χ0) is 27.1. The highest BCUT2D eigenvalue weighted by molar-refractivity contribution is 6.07. The molecule has 0 spiro atoms. The van der Waals surface area contributed by atoms with Crippen molar-refractivity contribution in [1.82, 2.24) is 19.9 Å². The molecule has 4 nitrogen and oxygen atoms in total. The van der Waals surface area contributed by atoms with Crippen LogP contribution in [0, 0.1) is 13.8 Å². The highest BCUT2D eigenvalue weighted by atomic mass is 14.9. The first-order valence-electron chi connectivity index (χ1n) is 13.4. The van der Waals surface area contributed by atoms with E-state index >= 15 is 0 Å². The van der Waals surface area contributed by atoms with Crippen LogP contribution < -0.4 is 0 Å². The topological polar surface area (TPSA) is 51.6 Å². The first-order valence-corrected chi connectivity index (χ1v) is 13.4. The second-order valence-electron chi connectivity index (χ2n) is 10.1. The molecule has 0 unspecified atom stereocenters. The molecule has 3 aromatic heterocycles. The fourth-order valence-electron chi connectivity index (χ4n) is 5.22. The van der Waals surface area contributed by atoms with E-state index in [0.29, 0.717) is 5.82 Å². The fourth-order valence-corrected chi connectivity index (χ4v) is 5.22. The Bertz CT molecular complexity index is 2000. The minimum Gasteiger partial charge on any atom is -0.251 e. The lowest BCUT2D eigenvalue weighted by Gasteiger charge is -2.13. The van der Waals surface area contributed by atoms with Crippen molar-refractivity contribution in [3.05, 3.63) is 133 Å². The third kappa shape index (κ3) is 4.40. The second kappa shape index (κ2) is 9.83. The predicted molar refractivity (Wildman–Crippen MR) is 164 cm³/mol. The van der Waals surface area contributed by atoms with Gasteiger partial charge in [-0.05, 0) is 43.2 Å². The van der Waals surface area contributed by atoms with Gasteiger partial charge in [0.05, 0.1) is 22.4 Å². The van der Waals surface area contributed by atoms with Crippen molar-refractivity contribution >= 4 is 21.8 Å². The molecule has 0 saturated heterocycles. The average Bonchev–Trinajstić information content (AvgIpc) is 3.01. The van der Waals surface area contributed by atoms with Crippen LogP contribution >= 0.6 is 0 Å². The average molecular weight is 515 g/mol. The van der Waals surface area contributed by atoms with Gasteiger partial charge in [-0.1, -0.05) is 103 Å². The van der Waals surface area contributed by atoms with Crippen LogP contribution in [0.3, 0.4) is 0 Å². The van der Waals surface area contributed by atoms with Crippen LogP contribution in [-0.2, 0) is 0 Å². The Labute approximate surface area is 233 Å². The summed E-state index contributed by atoms with van der Waals surface area (Å²) in [7, 11) is 0. The molecule has 0 fully saturated rings. The van der Waals surface area contributed by atoms with Gasteiger partial charge in [-0.2, -0.15) is 0 Å². The highest BCUT2D eigenvalue weighted by Crippen LogP contribution is 2.34. The van der Waals surface area contributed by atoms with Crippen molar-refractivity contribution < 1.29 is 0 Å². The van der Waals surface area contributed by atoms with E-state index in [2.05, 4.69) is 91.0 Å². The van der Waals surface area contributed by atoms with Gasteiger partial charge in [-0.25, -0.2) is 9.97 Å². The van der Waals surface area contributed by atoms with Gasteiger partial charge < -0.3 is 0 Å². The number of hydrogen-bond donors (Lipinski definition) is 0. The number of benzene rings is 4. The molecule has 0 N–H and O–H groups in total. The summed E-state index contributed by atoms with van der Waals surface area (Å²) < 4.78 is 0.